The SMILES string of the molecule is C[C@H](CO)Nc1nc(=S)[nH]c2nc(N)cnc12. The van der Waals surface area contributed by atoms with E-state index in [0.29, 0.717) is 22.8 Å². The van der Waals surface area contributed by atoms with Crippen LogP contribution in [0.1, 0.15) is 6.92 Å². The highest BCUT2D eigenvalue weighted by atomic mass is 32.1. The smallest absolute Gasteiger partial charge is 0.200 e. The third kappa shape index (κ3) is 2.48. The van der Waals surface area contributed by atoms with Crippen LogP contribution in [0.4, 0.5) is 11.6 Å². The van der Waals surface area contributed by atoms with Crippen molar-refractivity contribution in [3.8, 4) is 0 Å². The van der Waals surface area contributed by atoms with Crippen LogP contribution in [0.15, 0.2) is 6.20 Å². The second-order valence-corrected chi connectivity index (χ2v) is 4.00. The maximum absolute atomic E-state index is 9.00. The zero-order valence-corrected chi connectivity index (χ0v) is 9.95. The van der Waals surface area contributed by atoms with Gasteiger partial charge in [0.25, 0.3) is 0 Å². The molecule has 5 N–H and O–H groups in total. The fourth-order valence-electron chi connectivity index (χ4n) is 1.33. The van der Waals surface area contributed by atoms with Gasteiger partial charge in [-0.2, -0.15) is 0 Å². The predicted octanol–water partition coefficient (Wildman–Crippen LogP) is 0.457. The molecule has 2 aromatic heterocycles. The molecule has 0 aliphatic carbocycles. The van der Waals surface area contributed by atoms with E-state index in [1.54, 1.807) is 0 Å². The van der Waals surface area contributed by atoms with Gasteiger partial charge in [-0.25, -0.2) is 15.0 Å². The number of anilines is 2. The first-order valence-electron chi connectivity index (χ1n) is 5.00. The number of nitrogens with two attached hydrogens (primary N) is 1. The van der Waals surface area contributed by atoms with Crippen LogP contribution >= 0.6 is 12.2 Å². The molecule has 8 heteroatoms. The molecule has 2 heterocycles. The lowest BCUT2D eigenvalue weighted by molar-refractivity contribution is 0.281. The van der Waals surface area contributed by atoms with Crippen LogP contribution in [0.5, 0.6) is 0 Å². The number of H-pyrrole nitrogens is 1. The lowest BCUT2D eigenvalue weighted by Gasteiger charge is -2.12. The number of nitrogens with zero attached hydrogens (tertiary/aromatic N) is 3. The van der Waals surface area contributed by atoms with E-state index < -0.39 is 0 Å². The van der Waals surface area contributed by atoms with Gasteiger partial charge in [0, 0.05) is 6.04 Å². The lowest BCUT2D eigenvalue weighted by Crippen LogP contribution is -2.20. The number of hydrogen-bond donors (Lipinski definition) is 4. The minimum Gasteiger partial charge on any atom is -0.394 e. The fourth-order valence-corrected chi connectivity index (χ4v) is 1.51. The largest absolute Gasteiger partial charge is 0.394 e. The standard InChI is InChI=1S/C9H12N6OS/c1-4(3-16)12-7-6-8(15-9(17)14-7)13-5(10)2-11-6/h2,4,16H,3H2,1H3,(H4,10,12,13,14,15,17)/t4-/m1/s1. The van der Waals surface area contributed by atoms with Crippen LogP contribution in [0, 0.1) is 4.77 Å². The highest BCUT2D eigenvalue weighted by molar-refractivity contribution is 7.71. The van der Waals surface area contributed by atoms with E-state index in [9.17, 15) is 0 Å². The van der Waals surface area contributed by atoms with Gasteiger partial charge in [0.2, 0.25) is 4.77 Å². The quantitative estimate of drug-likeness (QED) is 0.587. The van der Waals surface area contributed by atoms with Gasteiger partial charge < -0.3 is 21.1 Å². The number of hydrogen-bond acceptors (Lipinski definition) is 7. The molecule has 0 fully saturated rings. The summed E-state index contributed by atoms with van der Waals surface area (Å²) in [5.74, 6) is 0.785. The number of nitrogen functional groups attached to an aromatic ring is 1. The number of rotatable bonds is 3. The van der Waals surface area contributed by atoms with Crippen LogP contribution < -0.4 is 11.1 Å². The molecular formula is C9H12N6OS. The van der Waals surface area contributed by atoms with Crippen LogP contribution in [0.25, 0.3) is 11.2 Å². The van der Waals surface area contributed by atoms with Crippen molar-refractivity contribution in [2.75, 3.05) is 17.7 Å². The predicted molar refractivity (Wildman–Crippen MR) is 67.1 cm³/mol. The fraction of sp³-hybridized carbons (Fsp3) is 0.333. The highest BCUT2D eigenvalue weighted by Crippen LogP contribution is 2.16. The monoisotopic (exact) mass is 252 g/mol. The molecule has 2 aromatic rings. The zero-order chi connectivity index (χ0) is 12.4. The second-order valence-electron chi connectivity index (χ2n) is 3.61. The van der Waals surface area contributed by atoms with Crippen molar-refractivity contribution < 1.29 is 5.11 Å². The van der Waals surface area contributed by atoms with Gasteiger partial charge in [-0.1, -0.05) is 0 Å². The van der Waals surface area contributed by atoms with E-state index in [4.69, 9.17) is 23.1 Å². The van der Waals surface area contributed by atoms with Gasteiger partial charge in [-0.15, -0.1) is 0 Å². The molecule has 0 aliphatic heterocycles. The minimum absolute atomic E-state index is 0.0169. The third-order valence-corrected chi connectivity index (χ3v) is 2.30. The first kappa shape index (κ1) is 11.7. The van der Waals surface area contributed by atoms with Crippen molar-refractivity contribution in [1.82, 2.24) is 19.9 Å². The first-order chi connectivity index (χ1) is 8.10. The topological polar surface area (TPSA) is 113 Å². The van der Waals surface area contributed by atoms with E-state index in [2.05, 4.69) is 25.3 Å². The minimum atomic E-state index is -0.151. The summed E-state index contributed by atoms with van der Waals surface area (Å²) in [6.45, 7) is 1.80. The molecule has 0 bridgehead atoms. The summed E-state index contributed by atoms with van der Waals surface area (Å²) in [6.07, 6.45) is 1.44. The summed E-state index contributed by atoms with van der Waals surface area (Å²) in [5, 5.41) is 12.0. The Hall–Kier alpha value is -1.80. The van der Waals surface area contributed by atoms with Gasteiger partial charge in [0.05, 0.1) is 12.8 Å². The zero-order valence-electron chi connectivity index (χ0n) is 9.14. The number of aromatic amines is 1. The molecule has 17 heavy (non-hydrogen) atoms. The van der Waals surface area contributed by atoms with Crippen molar-refractivity contribution in [1.29, 1.82) is 0 Å². The van der Waals surface area contributed by atoms with Gasteiger partial charge >= 0.3 is 0 Å². The molecule has 0 saturated heterocycles. The normalized spacial score (nSPS) is 12.6. The number of fused-ring (bicyclic) bond motifs is 1. The molecule has 90 valence electrons. The van der Waals surface area contributed by atoms with Crippen LogP contribution in [-0.4, -0.2) is 37.7 Å². The number of aliphatic hydroxyl groups excluding tert-OH is 1. The summed E-state index contributed by atoms with van der Waals surface area (Å²) in [7, 11) is 0. The third-order valence-electron chi connectivity index (χ3n) is 2.11. The summed E-state index contributed by atoms with van der Waals surface area (Å²) < 4.78 is 0.282. The Balaban J connectivity index is 2.57. The summed E-state index contributed by atoms with van der Waals surface area (Å²) in [6, 6.07) is -0.151. The van der Waals surface area contributed by atoms with Crippen molar-refractivity contribution in [2.24, 2.45) is 0 Å². The van der Waals surface area contributed by atoms with E-state index in [1.807, 2.05) is 6.92 Å². The van der Waals surface area contributed by atoms with Crippen LogP contribution in [0.2, 0.25) is 0 Å². The maximum atomic E-state index is 9.00. The Kier molecular flexibility index (Phi) is 3.16. The molecule has 0 aliphatic rings. The average Bonchev–Trinajstić information content (AvgIpc) is 2.27. The number of aromatic nitrogens is 4. The molecule has 0 amide bonds. The Labute approximate surface area is 102 Å². The molecule has 1 atom stereocenters. The van der Waals surface area contributed by atoms with Crippen molar-refractivity contribution >= 4 is 35.0 Å². The Morgan fingerprint density at radius 3 is 3.06 bits per heavy atom. The molecule has 0 aromatic carbocycles. The van der Waals surface area contributed by atoms with Crippen LogP contribution in [0.3, 0.4) is 0 Å². The maximum Gasteiger partial charge on any atom is 0.200 e. The first-order valence-corrected chi connectivity index (χ1v) is 5.41. The summed E-state index contributed by atoms with van der Waals surface area (Å²) in [4.78, 5) is 15.1. The molecule has 7 nitrogen and oxygen atoms in total. The van der Waals surface area contributed by atoms with Gasteiger partial charge in [-0.3, -0.25) is 0 Å². The molecule has 2 rings (SSSR count). The Bertz CT molecular complexity index is 598. The summed E-state index contributed by atoms with van der Waals surface area (Å²) in [5.41, 5.74) is 6.55. The Morgan fingerprint density at radius 2 is 2.35 bits per heavy atom. The van der Waals surface area contributed by atoms with Gasteiger partial charge in [0.1, 0.15) is 11.3 Å². The highest BCUT2D eigenvalue weighted by Gasteiger charge is 2.09. The van der Waals surface area contributed by atoms with Crippen LogP contribution in [-0.2, 0) is 0 Å². The molecule has 0 radical (unpaired) electrons. The Morgan fingerprint density at radius 1 is 1.59 bits per heavy atom. The van der Waals surface area contributed by atoms with Crippen molar-refractivity contribution in [2.45, 2.75) is 13.0 Å². The van der Waals surface area contributed by atoms with Gasteiger partial charge in [-0.05, 0) is 19.1 Å². The number of aliphatic hydroxyl groups is 1. The van der Waals surface area contributed by atoms with E-state index >= 15 is 0 Å². The second kappa shape index (κ2) is 4.60. The molecular weight excluding hydrogens is 240 g/mol. The lowest BCUT2D eigenvalue weighted by atomic mass is 10.3. The average molecular weight is 252 g/mol. The van der Waals surface area contributed by atoms with E-state index in [1.165, 1.54) is 6.20 Å². The van der Waals surface area contributed by atoms with E-state index in [0.717, 1.165) is 0 Å². The number of nitrogens with one attached hydrogen (secondary N) is 2. The molecule has 0 unspecified atom stereocenters. The summed E-state index contributed by atoms with van der Waals surface area (Å²) >= 11 is 4.98. The van der Waals surface area contributed by atoms with E-state index in [-0.39, 0.29) is 17.4 Å². The van der Waals surface area contributed by atoms with Crippen molar-refractivity contribution in [3.63, 3.8) is 0 Å². The molecule has 0 spiro atoms. The molecule has 0 saturated carbocycles. The van der Waals surface area contributed by atoms with Gasteiger partial charge in [0.15, 0.2) is 11.5 Å². The van der Waals surface area contributed by atoms with Crippen molar-refractivity contribution in [3.05, 3.63) is 11.0 Å².